The Hall–Kier alpha value is -0.980. The minimum absolute atomic E-state index is 0.565. The second-order valence-electron chi connectivity index (χ2n) is 7.68. The number of aryl methyl sites for hydroxylation is 2. The molecule has 0 fully saturated rings. The average Bonchev–Trinajstić information content (AvgIpc) is 2.61. The van der Waals surface area contributed by atoms with Crippen LogP contribution in [0.15, 0.2) is 12.1 Å². The van der Waals surface area contributed by atoms with E-state index in [1.54, 1.807) is 0 Å². The first-order valence-electron chi connectivity index (χ1n) is 11.1. The molecule has 0 saturated heterocycles. The molecular weight excluding hydrogens is 304 g/mol. The zero-order valence-electron chi connectivity index (χ0n) is 17.2. The number of rotatable bonds is 15. The number of hydrogen-bond donors (Lipinski definition) is 1. The number of benzene rings is 1. The van der Waals surface area contributed by atoms with Crippen LogP contribution in [0.5, 0.6) is 5.75 Å². The van der Waals surface area contributed by atoms with Gasteiger partial charge in [0.1, 0.15) is 5.75 Å². The van der Waals surface area contributed by atoms with E-state index in [-0.39, 0.29) is 0 Å². The van der Waals surface area contributed by atoms with Crippen LogP contribution >= 0.6 is 0 Å². The van der Waals surface area contributed by atoms with E-state index in [4.69, 9.17) is 0 Å². The highest BCUT2D eigenvalue weighted by molar-refractivity contribution is 5.43. The van der Waals surface area contributed by atoms with E-state index in [9.17, 15) is 5.11 Å². The maximum absolute atomic E-state index is 10.6. The minimum Gasteiger partial charge on any atom is -0.508 e. The van der Waals surface area contributed by atoms with Gasteiger partial charge in [-0.05, 0) is 61.3 Å². The van der Waals surface area contributed by atoms with Gasteiger partial charge in [0.2, 0.25) is 0 Å². The highest BCUT2D eigenvalue weighted by atomic mass is 16.3. The third kappa shape index (κ3) is 9.33. The van der Waals surface area contributed by atoms with Crippen molar-refractivity contribution in [1.82, 2.24) is 0 Å². The molecule has 1 aromatic carbocycles. The van der Waals surface area contributed by atoms with Crippen LogP contribution in [-0.2, 0) is 19.3 Å². The Balaban J connectivity index is 2.73. The smallest absolute Gasteiger partial charge is 0.119 e. The summed E-state index contributed by atoms with van der Waals surface area (Å²) in [5.74, 6) is 0.565. The second kappa shape index (κ2) is 14.2. The van der Waals surface area contributed by atoms with Crippen LogP contribution in [0.1, 0.15) is 115 Å². The molecule has 0 aliphatic heterocycles. The van der Waals surface area contributed by atoms with E-state index < -0.39 is 0 Å². The molecule has 1 nitrogen and oxygen atoms in total. The lowest BCUT2D eigenvalue weighted by atomic mass is 9.92. The molecule has 25 heavy (non-hydrogen) atoms. The summed E-state index contributed by atoms with van der Waals surface area (Å²) in [7, 11) is 0. The highest BCUT2D eigenvalue weighted by Gasteiger charge is 2.10. The number of phenols is 1. The molecule has 1 N–H and O–H groups in total. The van der Waals surface area contributed by atoms with E-state index in [0.29, 0.717) is 5.75 Å². The zero-order valence-corrected chi connectivity index (χ0v) is 17.2. The maximum Gasteiger partial charge on any atom is 0.119 e. The van der Waals surface area contributed by atoms with Crippen molar-refractivity contribution in [3.05, 3.63) is 28.8 Å². The molecule has 0 bridgehead atoms. The van der Waals surface area contributed by atoms with Gasteiger partial charge in [0, 0.05) is 0 Å². The van der Waals surface area contributed by atoms with E-state index in [1.165, 1.54) is 93.7 Å². The lowest BCUT2D eigenvalue weighted by molar-refractivity contribution is 0.463. The van der Waals surface area contributed by atoms with E-state index in [2.05, 4.69) is 32.9 Å². The number of unbranched alkanes of at least 4 members (excludes halogenated alkanes) is 9. The Morgan fingerprint density at radius 3 is 1.68 bits per heavy atom. The molecule has 1 rings (SSSR count). The monoisotopic (exact) mass is 346 g/mol. The molecule has 0 amide bonds. The summed E-state index contributed by atoms with van der Waals surface area (Å²) in [4.78, 5) is 0. The van der Waals surface area contributed by atoms with Crippen molar-refractivity contribution in [2.24, 2.45) is 0 Å². The van der Waals surface area contributed by atoms with E-state index in [1.807, 2.05) is 0 Å². The molecule has 0 saturated carbocycles. The van der Waals surface area contributed by atoms with Crippen molar-refractivity contribution in [2.75, 3.05) is 0 Å². The normalized spacial score (nSPS) is 11.2. The third-order valence-electron chi connectivity index (χ3n) is 5.28. The van der Waals surface area contributed by atoms with Gasteiger partial charge in [0.05, 0.1) is 0 Å². The van der Waals surface area contributed by atoms with Gasteiger partial charge in [-0.25, -0.2) is 0 Å². The molecule has 0 atom stereocenters. The van der Waals surface area contributed by atoms with Crippen LogP contribution in [0.2, 0.25) is 0 Å². The summed E-state index contributed by atoms with van der Waals surface area (Å²) >= 11 is 0. The van der Waals surface area contributed by atoms with Gasteiger partial charge in [-0.2, -0.15) is 0 Å². The van der Waals surface area contributed by atoms with E-state index >= 15 is 0 Å². The Morgan fingerprint density at radius 1 is 0.600 bits per heavy atom. The van der Waals surface area contributed by atoms with Gasteiger partial charge in [0.15, 0.2) is 0 Å². The van der Waals surface area contributed by atoms with Crippen LogP contribution in [-0.4, -0.2) is 5.11 Å². The quantitative estimate of drug-likeness (QED) is 0.322. The summed E-state index contributed by atoms with van der Waals surface area (Å²) in [5, 5.41) is 10.6. The summed E-state index contributed by atoms with van der Waals surface area (Å²) < 4.78 is 0. The number of aromatic hydroxyl groups is 1. The Labute approximate surface area is 157 Å². The highest BCUT2D eigenvalue weighted by Crippen LogP contribution is 2.28. The molecule has 0 aliphatic rings. The van der Waals surface area contributed by atoms with Crippen LogP contribution < -0.4 is 0 Å². The summed E-state index contributed by atoms with van der Waals surface area (Å²) in [6.45, 7) is 6.78. The van der Waals surface area contributed by atoms with Crippen molar-refractivity contribution < 1.29 is 5.11 Å². The number of hydrogen-bond acceptors (Lipinski definition) is 1. The van der Waals surface area contributed by atoms with Crippen molar-refractivity contribution >= 4 is 0 Å². The predicted molar refractivity (Wildman–Crippen MR) is 112 cm³/mol. The Kier molecular flexibility index (Phi) is 12.5. The summed E-state index contributed by atoms with van der Waals surface area (Å²) in [6.07, 6.45) is 18.7. The Morgan fingerprint density at radius 2 is 1.12 bits per heavy atom. The molecule has 0 unspecified atom stereocenters. The molecule has 0 spiro atoms. The fourth-order valence-electron chi connectivity index (χ4n) is 3.66. The fraction of sp³-hybridized carbons (Fsp3) is 0.750. The van der Waals surface area contributed by atoms with E-state index in [0.717, 1.165) is 19.3 Å². The standard InChI is InChI=1S/C24H42O/c1-4-7-10-13-16-21-19-22(17-14-11-8-5-2)23(24(25)20-21)18-15-12-9-6-3/h19-20,25H,4-18H2,1-3H3. The van der Waals surface area contributed by atoms with Gasteiger partial charge in [0.25, 0.3) is 0 Å². The van der Waals surface area contributed by atoms with Crippen molar-refractivity contribution in [1.29, 1.82) is 0 Å². The maximum atomic E-state index is 10.6. The van der Waals surface area contributed by atoms with Crippen LogP contribution in [0.3, 0.4) is 0 Å². The molecule has 1 heteroatoms. The van der Waals surface area contributed by atoms with Gasteiger partial charge in [-0.1, -0.05) is 84.6 Å². The van der Waals surface area contributed by atoms with Crippen molar-refractivity contribution in [2.45, 2.75) is 117 Å². The molecule has 0 aliphatic carbocycles. The predicted octanol–water partition coefficient (Wildman–Crippen LogP) is 7.76. The van der Waals surface area contributed by atoms with Crippen LogP contribution in [0, 0.1) is 0 Å². The first-order chi connectivity index (χ1) is 12.2. The van der Waals surface area contributed by atoms with Crippen LogP contribution in [0.25, 0.3) is 0 Å². The number of phenolic OH excluding ortho intramolecular Hbond substituents is 1. The Bertz CT molecular complexity index is 450. The molecule has 0 radical (unpaired) electrons. The molecular formula is C24H42O. The third-order valence-corrected chi connectivity index (χ3v) is 5.28. The fourth-order valence-corrected chi connectivity index (χ4v) is 3.66. The summed E-state index contributed by atoms with van der Waals surface area (Å²) in [5.41, 5.74) is 4.01. The molecule has 1 aromatic rings. The van der Waals surface area contributed by atoms with Crippen LogP contribution in [0.4, 0.5) is 0 Å². The first kappa shape index (κ1) is 22.1. The SMILES string of the molecule is CCCCCCc1cc(O)c(CCCCCC)c(CCCCCC)c1. The lowest BCUT2D eigenvalue weighted by Crippen LogP contribution is -1.99. The average molecular weight is 347 g/mol. The zero-order chi connectivity index (χ0) is 18.3. The minimum atomic E-state index is 0.565. The lowest BCUT2D eigenvalue weighted by Gasteiger charge is -2.15. The largest absolute Gasteiger partial charge is 0.508 e. The van der Waals surface area contributed by atoms with Crippen molar-refractivity contribution in [3.63, 3.8) is 0 Å². The van der Waals surface area contributed by atoms with Crippen molar-refractivity contribution in [3.8, 4) is 5.75 Å². The summed E-state index contributed by atoms with van der Waals surface area (Å²) in [6, 6.07) is 4.46. The molecule has 0 aromatic heterocycles. The van der Waals surface area contributed by atoms with Gasteiger partial charge in [-0.15, -0.1) is 0 Å². The molecule has 0 heterocycles. The van der Waals surface area contributed by atoms with Gasteiger partial charge in [-0.3, -0.25) is 0 Å². The first-order valence-corrected chi connectivity index (χ1v) is 11.1. The second-order valence-corrected chi connectivity index (χ2v) is 7.68. The van der Waals surface area contributed by atoms with Gasteiger partial charge >= 0.3 is 0 Å². The van der Waals surface area contributed by atoms with Gasteiger partial charge < -0.3 is 5.11 Å². The topological polar surface area (TPSA) is 20.2 Å². The molecule has 144 valence electrons.